The second-order valence-corrected chi connectivity index (χ2v) is 5.00. The summed E-state index contributed by atoms with van der Waals surface area (Å²) in [4.78, 5) is 8.42. The molecule has 0 aliphatic heterocycles. The number of hydrazine groups is 1. The normalized spacial score (nSPS) is 10.5. The Morgan fingerprint density at radius 3 is 2.76 bits per heavy atom. The van der Waals surface area contributed by atoms with Gasteiger partial charge in [-0.15, -0.1) is 0 Å². The van der Waals surface area contributed by atoms with Crippen LogP contribution in [0.2, 0.25) is 0 Å². The Morgan fingerprint density at radius 2 is 2.05 bits per heavy atom. The Bertz CT molecular complexity index is 626. The second-order valence-electron chi connectivity index (χ2n) is 4.09. The molecule has 0 spiro atoms. The minimum absolute atomic E-state index is 0.252. The second kappa shape index (κ2) is 7.30. The minimum atomic E-state index is -0.384. The molecule has 0 aliphatic rings. The molecule has 1 aromatic heterocycles. The lowest BCUT2D eigenvalue weighted by Gasteiger charge is -2.10. The number of hydrogen-bond acceptors (Lipinski definition) is 6. The maximum Gasteiger partial charge on any atom is 0.158 e. The molecule has 112 valence electrons. The van der Waals surface area contributed by atoms with Gasteiger partial charge in [0, 0.05) is 17.1 Å². The number of rotatable bonds is 6. The van der Waals surface area contributed by atoms with Crippen LogP contribution in [-0.2, 0) is 11.3 Å². The third kappa shape index (κ3) is 4.35. The molecule has 0 fully saturated rings. The number of ether oxygens (including phenoxy) is 1. The van der Waals surface area contributed by atoms with Crippen molar-refractivity contribution in [2.75, 3.05) is 17.3 Å². The molecule has 4 N–H and O–H groups in total. The predicted molar refractivity (Wildman–Crippen MR) is 82.6 cm³/mol. The summed E-state index contributed by atoms with van der Waals surface area (Å²) >= 11 is 3.29. The molecule has 0 unspecified atom stereocenters. The van der Waals surface area contributed by atoms with Crippen molar-refractivity contribution in [1.82, 2.24) is 9.97 Å². The molecule has 0 aliphatic carbocycles. The van der Waals surface area contributed by atoms with Crippen LogP contribution in [0.25, 0.3) is 0 Å². The highest BCUT2D eigenvalue weighted by Crippen LogP contribution is 2.24. The van der Waals surface area contributed by atoms with Gasteiger partial charge in [-0.1, -0.05) is 15.9 Å². The van der Waals surface area contributed by atoms with E-state index in [2.05, 4.69) is 36.6 Å². The quantitative estimate of drug-likeness (QED) is 0.545. The summed E-state index contributed by atoms with van der Waals surface area (Å²) in [5.41, 5.74) is 2.75. The van der Waals surface area contributed by atoms with Gasteiger partial charge in [-0.3, -0.25) is 0 Å². The van der Waals surface area contributed by atoms with Crippen molar-refractivity contribution in [3.8, 4) is 0 Å². The van der Waals surface area contributed by atoms with Gasteiger partial charge in [-0.2, -0.15) is 0 Å². The standard InChI is InChI=1S/C13H15BrFN5O/c1-2-21-7-13-18-11(6-12(19-13)20-16)17-10-5-8(14)3-4-9(10)15/h3-6H,2,7,16H2,1H3,(H2,17,18,19,20). The van der Waals surface area contributed by atoms with E-state index in [1.54, 1.807) is 18.2 Å². The van der Waals surface area contributed by atoms with E-state index in [9.17, 15) is 4.39 Å². The van der Waals surface area contributed by atoms with Crippen molar-refractivity contribution in [2.24, 2.45) is 5.84 Å². The zero-order valence-corrected chi connectivity index (χ0v) is 12.9. The molecule has 1 aromatic carbocycles. The van der Waals surface area contributed by atoms with Crippen molar-refractivity contribution < 1.29 is 9.13 Å². The van der Waals surface area contributed by atoms with Gasteiger partial charge in [0.25, 0.3) is 0 Å². The first-order valence-electron chi connectivity index (χ1n) is 6.26. The summed E-state index contributed by atoms with van der Waals surface area (Å²) in [7, 11) is 0. The fourth-order valence-corrected chi connectivity index (χ4v) is 1.99. The smallest absolute Gasteiger partial charge is 0.158 e. The molecule has 8 heteroatoms. The number of hydrogen-bond donors (Lipinski definition) is 3. The SMILES string of the molecule is CCOCc1nc(NN)cc(Nc2cc(Br)ccc2F)n1. The maximum absolute atomic E-state index is 13.7. The lowest BCUT2D eigenvalue weighted by atomic mass is 10.3. The highest BCUT2D eigenvalue weighted by atomic mass is 79.9. The van der Waals surface area contributed by atoms with Gasteiger partial charge in [-0.25, -0.2) is 20.2 Å². The molecule has 0 saturated heterocycles. The molecule has 0 amide bonds. The Balaban J connectivity index is 2.27. The first kappa shape index (κ1) is 15.6. The first-order valence-corrected chi connectivity index (χ1v) is 7.06. The number of nitrogens with zero attached hydrogens (tertiary/aromatic N) is 2. The van der Waals surface area contributed by atoms with Gasteiger partial charge in [0.2, 0.25) is 0 Å². The molecular weight excluding hydrogens is 341 g/mol. The van der Waals surface area contributed by atoms with Crippen LogP contribution in [-0.4, -0.2) is 16.6 Å². The van der Waals surface area contributed by atoms with Crippen LogP contribution in [0.4, 0.5) is 21.7 Å². The van der Waals surface area contributed by atoms with Crippen molar-refractivity contribution in [3.05, 3.63) is 40.4 Å². The van der Waals surface area contributed by atoms with Crippen LogP contribution in [0.1, 0.15) is 12.7 Å². The average molecular weight is 356 g/mol. The minimum Gasteiger partial charge on any atom is -0.374 e. The number of aromatic nitrogens is 2. The maximum atomic E-state index is 13.7. The Morgan fingerprint density at radius 1 is 1.29 bits per heavy atom. The van der Waals surface area contributed by atoms with Gasteiger partial charge >= 0.3 is 0 Å². The van der Waals surface area contributed by atoms with Crippen molar-refractivity contribution in [1.29, 1.82) is 0 Å². The van der Waals surface area contributed by atoms with Crippen LogP contribution in [0.3, 0.4) is 0 Å². The van der Waals surface area contributed by atoms with Gasteiger partial charge in [0.15, 0.2) is 5.82 Å². The fraction of sp³-hybridized carbons (Fsp3) is 0.231. The van der Waals surface area contributed by atoms with E-state index in [4.69, 9.17) is 10.6 Å². The molecule has 2 rings (SSSR count). The molecule has 0 atom stereocenters. The third-order valence-electron chi connectivity index (χ3n) is 2.55. The van der Waals surface area contributed by atoms with Gasteiger partial charge in [0.05, 0.1) is 5.69 Å². The van der Waals surface area contributed by atoms with Gasteiger partial charge < -0.3 is 15.5 Å². The van der Waals surface area contributed by atoms with Crippen molar-refractivity contribution >= 4 is 33.3 Å². The predicted octanol–water partition coefficient (Wildman–Crippen LogP) is 2.94. The lowest BCUT2D eigenvalue weighted by molar-refractivity contribution is 0.128. The van der Waals surface area contributed by atoms with E-state index in [0.29, 0.717) is 29.8 Å². The molecular formula is C13H15BrFN5O. The molecule has 0 radical (unpaired) electrons. The lowest BCUT2D eigenvalue weighted by Crippen LogP contribution is -2.12. The van der Waals surface area contributed by atoms with Gasteiger partial charge in [-0.05, 0) is 25.1 Å². The largest absolute Gasteiger partial charge is 0.374 e. The summed E-state index contributed by atoms with van der Waals surface area (Å²) in [6, 6.07) is 6.18. The first-order chi connectivity index (χ1) is 10.1. The number of nitrogen functional groups attached to an aromatic ring is 1. The zero-order valence-electron chi connectivity index (χ0n) is 11.4. The molecule has 21 heavy (non-hydrogen) atoms. The molecule has 2 aromatic rings. The van der Waals surface area contributed by atoms with Crippen molar-refractivity contribution in [3.63, 3.8) is 0 Å². The molecule has 6 nitrogen and oxygen atoms in total. The summed E-state index contributed by atoms with van der Waals surface area (Å²) in [6.07, 6.45) is 0. The third-order valence-corrected chi connectivity index (χ3v) is 3.04. The van der Waals surface area contributed by atoms with E-state index in [0.717, 1.165) is 4.47 Å². The summed E-state index contributed by atoms with van der Waals surface area (Å²) < 4.78 is 19.8. The van der Waals surface area contributed by atoms with E-state index >= 15 is 0 Å². The number of benzene rings is 1. The Kier molecular flexibility index (Phi) is 5.43. The molecule has 1 heterocycles. The number of nitrogens with one attached hydrogen (secondary N) is 2. The van der Waals surface area contributed by atoms with Gasteiger partial charge in [0.1, 0.15) is 24.1 Å². The van der Waals surface area contributed by atoms with Crippen molar-refractivity contribution in [2.45, 2.75) is 13.5 Å². The van der Waals surface area contributed by atoms with E-state index < -0.39 is 0 Å². The van der Waals surface area contributed by atoms with Crippen LogP contribution >= 0.6 is 15.9 Å². The molecule has 0 saturated carbocycles. The number of halogens is 2. The summed E-state index contributed by atoms with van der Waals surface area (Å²) in [6.45, 7) is 2.68. The summed E-state index contributed by atoms with van der Waals surface area (Å²) in [5.74, 6) is 6.27. The Hall–Kier alpha value is -1.77. The van der Waals surface area contributed by atoms with E-state index in [1.165, 1.54) is 6.07 Å². The monoisotopic (exact) mass is 355 g/mol. The Labute approximate surface area is 130 Å². The average Bonchev–Trinajstić information content (AvgIpc) is 2.48. The zero-order chi connectivity index (χ0) is 15.2. The summed E-state index contributed by atoms with van der Waals surface area (Å²) in [5, 5.41) is 2.90. The van der Waals surface area contributed by atoms with Crippen LogP contribution in [0.5, 0.6) is 0 Å². The topological polar surface area (TPSA) is 85.1 Å². The molecule has 0 bridgehead atoms. The number of anilines is 3. The van der Waals surface area contributed by atoms with E-state index in [-0.39, 0.29) is 12.4 Å². The highest BCUT2D eigenvalue weighted by molar-refractivity contribution is 9.10. The highest BCUT2D eigenvalue weighted by Gasteiger charge is 2.08. The number of nitrogens with two attached hydrogens (primary N) is 1. The van der Waals surface area contributed by atoms with E-state index in [1.807, 2.05) is 6.92 Å². The van der Waals surface area contributed by atoms with Crippen LogP contribution in [0.15, 0.2) is 28.7 Å². The van der Waals surface area contributed by atoms with Crippen LogP contribution in [0, 0.1) is 5.82 Å². The fourth-order valence-electron chi connectivity index (χ4n) is 1.62. The van der Waals surface area contributed by atoms with Crippen LogP contribution < -0.4 is 16.6 Å².